The summed E-state index contributed by atoms with van der Waals surface area (Å²) in [6.07, 6.45) is 13.0. The molecule has 2 nitrogen and oxygen atoms in total. The Morgan fingerprint density at radius 1 is 0.750 bits per heavy atom. The van der Waals surface area contributed by atoms with Gasteiger partial charge in [-0.25, -0.2) is 0 Å². The van der Waals surface area contributed by atoms with E-state index in [0.29, 0.717) is 6.42 Å². The van der Waals surface area contributed by atoms with Crippen LogP contribution in [0.3, 0.4) is 0 Å². The molecular formula is C13H25IO2. The van der Waals surface area contributed by atoms with E-state index >= 15 is 0 Å². The van der Waals surface area contributed by atoms with E-state index in [0.717, 1.165) is 12.8 Å². The van der Waals surface area contributed by atoms with Crippen LogP contribution >= 0.6 is 22.6 Å². The lowest BCUT2D eigenvalue weighted by atomic mass is 10.1. The van der Waals surface area contributed by atoms with Gasteiger partial charge in [-0.2, -0.15) is 0 Å². The summed E-state index contributed by atoms with van der Waals surface area (Å²) in [5.41, 5.74) is 0. The Kier molecular flexibility index (Phi) is 13.4. The molecule has 16 heavy (non-hydrogen) atoms. The molecule has 0 spiro atoms. The minimum atomic E-state index is -0.657. The van der Waals surface area contributed by atoms with Gasteiger partial charge in [-0.15, -0.1) is 0 Å². The Hall–Kier alpha value is 0.200. The van der Waals surface area contributed by atoms with Gasteiger partial charge in [0.05, 0.1) is 0 Å². The second-order valence-electron chi connectivity index (χ2n) is 4.37. The molecule has 1 N–H and O–H groups in total. The van der Waals surface area contributed by atoms with Crippen LogP contribution in [0.15, 0.2) is 0 Å². The summed E-state index contributed by atoms with van der Waals surface area (Å²) in [7, 11) is 0. The van der Waals surface area contributed by atoms with Crippen molar-refractivity contribution in [1.29, 1.82) is 0 Å². The number of carboxylic acid groups (broad SMARTS) is 1. The minimum absolute atomic E-state index is 0.344. The summed E-state index contributed by atoms with van der Waals surface area (Å²) in [6, 6.07) is 0. The zero-order valence-corrected chi connectivity index (χ0v) is 12.4. The fourth-order valence-electron chi connectivity index (χ4n) is 1.78. The van der Waals surface area contributed by atoms with Crippen molar-refractivity contribution in [1.82, 2.24) is 0 Å². The average molecular weight is 338 g/mol. The summed E-state index contributed by atoms with van der Waals surface area (Å²) in [4.78, 5) is 10.3. The molecular weight excluding hydrogens is 313 g/mol. The van der Waals surface area contributed by atoms with Crippen molar-refractivity contribution in [3.63, 3.8) is 0 Å². The first-order valence-electron chi connectivity index (χ1n) is 6.55. The third-order valence-electron chi connectivity index (χ3n) is 2.77. The standard InChI is InChI=1S/C13H25IO2/c14-12-10-8-6-4-2-1-3-5-7-9-11-13(15)16/h1-12H2,(H,15,16)/i14-2. The van der Waals surface area contributed by atoms with Crippen LogP contribution in [0.1, 0.15) is 70.6 Å². The van der Waals surface area contributed by atoms with Crippen LogP contribution in [-0.2, 0) is 4.79 Å². The Labute approximate surface area is 113 Å². The van der Waals surface area contributed by atoms with Crippen LogP contribution in [0.4, 0.5) is 0 Å². The highest BCUT2D eigenvalue weighted by molar-refractivity contribution is 14.1. The fraction of sp³-hybridized carbons (Fsp3) is 0.923. The van der Waals surface area contributed by atoms with Crippen molar-refractivity contribution < 1.29 is 9.90 Å². The number of aliphatic carboxylic acids is 1. The second kappa shape index (κ2) is 13.3. The smallest absolute Gasteiger partial charge is 0.303 e. The molecule has 0 aliphatic rings. The Bertz CT molecular complexity index is 160. The van der Waals surface area contributed by atoms with Crippen molar-refractivity contribution in [2.75, 3.05) is 4.43 Å². The van der Waals surface area contributed by atoms with Gasteiger partial charge in [-0.05, 0) is 17.3 Å². The third kappa shape index (κ3) is 14.2. The van der Waals surface area contributed by atoms with Gasteiger partial charge in [-0.3, -0.25) is 4.79 Å². The summed E-state index contributed by atoms with van der Waals surface area (Å²) in [5, 5.41) is 8.46. The first kappa shape index (κ1) is 16.2. The molecule has 3 heteroatoms. The molecule has 0 aromatic heterocycles. The first-order valence-corrected chi connectivity index (χ1v) is 8.07. The SMILES string of the molecule is O=C(O)CCCCCCCCCCCC[125I]. The number of alkyl halides is 1. The lowest BCUT2D eigenvalue weighted by Gasteiger charge is -2.01. The molecule has 0 aromatic rings. The summed E-state index contributed by atoms with van der Waals surface area (Å²) < 4.78 is 1.29. The number of unbranched alkanes of at least 4 members (excludes halogenated alkanes) is 9. The molecule has 0 amide bonds. The van der Waals surface area contributed by atoms with E-state index in [1.165, 1.54) is 55.8 Å². The zero-order valence-electron chi connectivity index (χ0n) is 10.2. The maximum Gasteiger partial charge on any atom is 0.303 e. The molecule has 96 valence electrons. The lowest BCUT2D eigenvalue weighted by molar-refractivity contribution is -0.137. The first-order chi connectivity index (χ1) is 7.77. The van der Waals surface area contributed by atoms with E-state index in [2.05, 4.69) is 22.6 Å². The number of carbonyl (C=O) groups is 1. The molecule has 0 unspecified atom stereocenters. The van der Waals surface area contributed by atoms with Crippen molar-refractivity contribution in [2.24, 2.45) is 0 Å². The third-order valence-corrected chi connectivity index (χ3v) is 3.54. The van der Waals surface area contributed by atoms with Gasteiger partial charge in [0.1, 0.15) is 0 Å². The van der Waals surface area contributed by atoms with E-state index in [4.69, 9.17) is 5.11 Å². The molecule has 0 fully saturated rings. The topological polar surface area (TPSA) is 37.3 Å². The summed E-state index contributed by atoms with van der Waals surface area (Å²) in [5.74, 6) is -0.657. The van der Waals surface area contributed by atoms with Gasteiger partial charge in [0.15, 0.2) is 0 Å². The van der Waals surface area contributed by atoms with Crippen LogP contribution in [0, 0.1) is 0 Å². The van der Waals surface area contributed by atoms with E-state index in [-0.39, 0.29) is 0 Å². The number of hydrogen-bond donors (Lipinski definition) is 1. The van der Waals surface area contributed by atoms with Gasteiger partial charge >= 0.3 is 5.97 Å². The molecule has 0 aromatic carbocycles. The maximum absolute atomic E-state index is 10.3. The van der Waals surface area contributed by atoms with Gasteiger partial charge in [0, 0.05) is 6.42 Å². The molecule has 0 radical (unpaired) electrons. The normalized spacial score (nSPS) is 10.6. The average Bonchev–Trinajstić information content (AvgIpc) is 2.25. The highest BCUT2D eigenvalue weighted by atomic mass is 125. The molecule has 0 bridgehead atoms. The van der Waals surface area contributed by atoms with Crippen molar-refractivity contribution in [3.8, 4) is 0 Å². The largest absolute Gasteiger partial charge is 0.481 e. The highest BCUT2D eigenvalue weighted by Crippen LogP contribution is 2.11. The number of hydrogen-bond acceptors (Lipinski definition) is 1. The number of halogens is 1. The predicted octanol–water partition coefficient (Wildman–Crippen LogP) is 4.80. The van der Waals surface area contributed by atoms with Crippen molar-refractivity contribution in [2.45, 2.75) is 70.6 Å². The van der Waals surface area contributed by atoms with E-state index in [1.54, 1.807) is 0 Å². The molecule has 0 saturated heterocycles. The van der Waals surface area contributed by atoms with Gasteiger partial charge < -0.3 is 5.11 Å². The van der Waals surface area contributed by atoms with Crippen LogP contribution in [0.25, 0.3) is 0 Å². The minimum Gasteiger partial charge on any atom is -0.481 e. The molecule has 0 aliphatic carbocycles. The second-order valence-corrected chi connectivity index (χ2v) is 5.45. The monoisotopic (exact) mass is 338 g/mol. The summed E-state index contributed by atoms with van der Waals surface area (Å²) in [6.45, 7) is 0. The fourth-order valence-corrected chi connectivity index (χ4v) is 2.32. The van der Waals surface area contributed by atoms with Crippen LogP contribution < -0.4 is 0 Å². The van der Waals surface area contributed by atoms with Crippen LogP contribution in [0.2, 0.25) is 0 Å². The predicted molar refractivity (Wildman–Crippen MR) is 77.3 cm³/mol. The molecule has 0 heterocycles. The van der Waals surface area contributed by atoms with Crippen molar-refractivity contribution >= 4 is 28.6 Å². The van der Waals surface area contributed by atoms with E-state index in [1.807, 2.05) is 0 Å². The van der Waals surface area contributed by atoms with Crippen LogP contribution in [0.5, 0.6) is 0 Å². The molecule has 0 rings (SSSR count). The van der Waals surface area contributed by atoms with Gasteiger partial charge in [0.2, 0.25) is 0 Å². The molecule has 0 saturated carbocycles. The van der Waals surface area contributed by atoms with Gasteiger partial charge in [-0.1, -0.05) is 74.0 Å². The lowest BCUT2D eigenvalue weighted by Crippen LogP contribution is -1.93. The number of rotatable bonds is 12. The summed E-state index contributed by atoms with van der Waals surface area (Å²) >= 11 is 2.44. The quantitative estimate of drug-likeness (QED) is 0.315. The Balaban J connectivity index is 2.90. The molecule has 0 aliphatic heterocycles. The molecule has 0 atom stereocenters. The van der Waals surface area contributed by atoms with Gasteiger partial charge in [0.25, 0.3) is 0 Å². The Morgan fingerprint density at radius 3 is 1.50 bits per heavy atom. The number of carboxylic acids is 1. The van der Waals surface area contributed by atoms with E-state index < -0.39 is 5.97 Å². The van der Waals surface area contributed by atoms with E-state index in [9.17, 15) is 4.79 Å². The van der Waals surface area contributed by atoms with Crippen molar-refractivity contribution in [3.05, 3.63) is 0 Å². The van der Waals surface area contributed by atoms with Crippen LogP contribution in [-0.4, -0.2) is 15.5 Å². The maximum atomic E-state index is 10.3. The Morgan fingerprint density at radius 2 is 1.12 bits per heavy atom. The highest BCUT2D eigenvalue weighted by Gasteiger charge is 1.96. The zero-order chi connectivity index (χ0) is 12.1.